The smallest absolute Gasteiger partial charge is 0.285 e. The number of allylic oxidation sites excluding steroid dienone is 1. The van der Waals surface area contributed by atoms with Gasteiger partial charge in [-0.2, -0.15) is 0 Å². The van der Waals surface area contributed by atoms with E-state index in [0.717, 1.165) is 12.8 Å². The van der Waals surface area contributed by atoms with Crippen LogP contribution in [0.2, 0.25) is 0 Å². The maximum absolute atomic E-state index is 11.5. The fourth-order valence-electron chi connectivity index (χ4n) is 1.47. The molecule has 15 heavy (non-hydrogen) atoms. The Labute approximate surface area is 88.0 Å². The van der Waals surface area contributed by atoms with Crippen molar-refractivity contribution in [2.24, 2.45) is 0 Å². The summed E-state index contributed by atoms with van der Waals surface area (Å²) in [6, 6.07) is 0.388. The van der Waals surface area contributed by atoms with E-state index in [2.05, 4.69) is 5.32 Å². The molecule has 0 aromatic carbocycles. The Morgan fingerprint density at radius 1 is 1.60 bits per heavy atom. The van der Waals surface area contributed by atoms with Gasteiger partial charge in [-0.05, 0) is 18.9 Å². The van der Waals surface area contributed by atoms with Crippen molar-refractivity contribution in [3.05, 3.63) is 17.7 Å². The Morgan fingerprint density at radius 3 is 3.07 bits per heavy atom. The molecular weight excluding hydrogens is 192 g/mol. The van der Waals surface area contributed by atoms with Crippen LogP contribution in [0.4, 0.5) is 0 Å². The highest BCUT2D eigenvalue weighted by atomic mass is 16.2. The first-order valence-corrected chi connectivity index (χ1v) is 5.07. The van der Waals surface area contributed by atoms with E-state index in [4.69, 9.17) is 0 Å². The highest BCUT2D eigenvalue weighted by Gasteiger charge is 2.25. The molecule has 78 valence electrons. The normalized spacial score (nSPS) is 19.5. The van der Waals surface area contributed by atoms with Gasteiger partial charge < -0.3 is 5.32 Å². The quantitative estimate of drug-likeness (QED) is 0.507. The third kappa shape index (κ3) is 2.89. The van der Waals surface area contributed by atoms with Crippen LogP contribution in [-0.4, -0.2) is 41.8 Å². The topological polar surface area (TPSA) is 49.2 Å². The van der Waals surface area contributed by atoms with Crippen molar-refractivity contribution < 1.29 is 14.2 Å². The molecule has 1 aliphatic carbocycles. The van der Waals surface area contributed by atoms with E-state index < -0.39 is 0 Å². The summed E-state index contributed by atoms with van der Waals surface area (Å²) < 4.78 is 1.80. The summed E-state index contributed by atoms with van der Waals surface area (Å²) in [6.45, 7) is 0.782. The van der Waals surface area contributed by atoms with Crippen molar-refractivity contribution in [3.8, 4) is 0 Å². The highest BCUT2D eigenvalue weighted by Crippen LogP contribution is 2.18. The molecule has 0 unspecified atom stereocenters. The van der Waals surface area contributed by atoms with E-state index in [1.54, 1.807) is 16.7 Å². The lowest BCUT2D eigenvalue weighted by Gasteiger charge is -2.05. The van der Waals surface area contributed by atoms with Crippen molar-refractivity contribution in [2.75, 3.05) is 13.1 Å². The largest absolute Gasteiger partial charge is 0.348 e. The number of carbonyl (C=O) groups excluding carboxylic acids is 2. The monoisotopic (exact) mass is 205 g/mol. The van der Waals surface area contributed by atoms with Crippen LogP contribution in [0.5, 0.6) is 0 Å². The summed E-state index contributed by atoms with van der Waals surface area (Å²) in [7, 11) is 0. The zero-order chi connectivity index (χ0) is 10.7. The van der Waals surface area contributed by atoms with Crippen LogP contribution in [0.15, 0.2) is 17.7 Å². The summed E-state index contributed by atoms with van der Waals surface area (Å²) in [6.07, 6.45) is 7.47. The fourth-order valence-corrected chi connectivity index (χ4v) is 1.47. The first-order chi connectivity index (χ1) is 7.28. The molecular formula is C11H13N2O2+. The van der Waals surface area contributed by atoms with Crippen LogP contribution in [0.3, 0.4) is 0 Å². The standard InChI is InChI=1S/C11H12N2O2/c14-8-9-2-1-5-13(6-9)7-11(15)12-10-3-4-10/h1-2,5,10H,3-4,6-7H2/p+1. The lowest BCUT2D eigenvalue weighted by Crippen LogP contribution is -2.35. The molecule has 1 amide bonds. The molecule has 4 nitrogen and oxygen atoms in total. The predicted octanol–water partition coefficient (Wildman–Crippen LogP) is -0.324. The first kappa shape index (κ1) is 9.87. The van der Waals surface area contributed by atoms with Crippen molar-refractivity contribution in [3.63, 3.8) is 0 Å². The van der Waals surface area contributed by atoms with E-state index in [0.29, 0.717) is 24.7 Å². The molecule has 0 spiro atoms. The van der Waals surface area contributed by atoms with Gasteiger partial charge in [0.2, 0.25) is 6.54 Å². The Bertz CT molecular complexity index is 385. The van der Waals surface area contributed by atoms with Gasteiger partial charge >= 0.3 is 0 Å². The summed E-state index contributed by atoms with van der Waals surface area (Å²) in [5.74, 6) is 1.87. The van der Waals surface area contributed by atoms with Gasteiger partial charge in [-0.15, -0.1) is 0 Å². The number of rotatable bonds is 3. The van der Waals surface area contributed by atoms with Gasteiger partial charge in [0.25, 0.3) is 5.91 Å². The lowest BCUT2D eigenvalue weighted by atomic mass is 10.2. The molecule has 0 atom stereocenters. The van der Waals surface area contributed by atoms with Crippen molar-refractivity contribution in [2.45, 2.75) is 18.9 Å². The maximum Gasteiger partial charge on any atom is 0.285 e. The molecule has 0 aromatic heterocycles. The Hall–Kier alpha value is -1.67. The van der Waals surface area contributed by atoms with Crippen LogP contribution in [0.25, 0.3) is 0 Å². The van der Waals surface area contributed by atoms with E-state index in [9.17, 15) is 9.59 Å². The number of nitrogens with one attached hydrogen (secondary N) is 1. The van der Waals surface area contributed by atoms with Crippen molar-refractivity contribution in [1.29, 1.82) is 0 Å². The zero-order valence-electron chi connectivity index (χ0n) is 8.40. The predicted molar refractivity (Wildman–Crippen MR) is 55.6 cm³/mol. The number of nitrogens with zero attached hydrogens (tertiary/aromatic N) is 1. The average molecular weight is 205 g/mol. The van der Waals surface area contributed by atoms with Gasteiger partial charge in [-0.3, -0.25) is 4.79 Å². The molecule has 2 aliphatic rings. The third-order valence-corrected chi connectivity index (χ3v) is 2.39. The molecule has 0 bridgehead atoms. The van der Waals surface area contributed by atoms with Gasteiger partial charge in [0.15, 0.2) is 12.8 Å². The number of carbonyl (C=O) groups is 1. The second kappa shape index (κ2) is 4.24. The van der Waals surface area contributed by atoms with Crippen molar-refractivity contribution >= 4 is 18.1 Å². The summed E-state index contributed by atoms with van der Waals surface area (Å²) in [5.41, 5.74) is 0.580. The van der Waals surface area contributed by atoms with Crippen LogP contribution in [0, 0.1) is 0 Å². The van der Waals surface area contributed by atoms with Gasteiger partial charge in [-0.1, -0.05) is 0 Å². The van der Waals surface area contributed by atoms with E-state index >= 15 is 0 Å². The third-order valence-electron chi connectivity index (χ3n) is 2.39. The minimum Gasteiger partial charge on any atom is -0.348 e. The molecule has 0 aromatic rings. The fraction of sp³-hybridized carbons (Fsp3) is 0.455. The van der Waals surface area contributed by atoms with E-state index in [1.165, 1.54) is 0 Å². The van der Waals surface area contributed by atoms with Crippen LogP contribution < -0.4 is 5.32 Å². The van der Waals surface area contributed by atoms with Crippen LogP contribution in [-0.2, 0) is 9.59 Å². The Morgan fingerprint density at radius 2 is 2.40 bits per heavy atom. The van der Waals surface area contributed by atoms with Crippen molar-refractivity contribution in [1.82, 2.24) is 5.32 Å². The SMILES string of the molecule is O=C=C1C=CC=[N+](CC(=O)NC2CC2)C1. The van der Waals surface area contributed by atoms with Gasteiger partial charge in [0, 0.05) is 12.1 Å². The molecule has 4 heteroatoms. The first-order valence-electron chi connectivity index (χ1n) is 5.07. The maximum atomic E-state index is 11.5. The van der Waals surface area contributed by atoms with Crippen LogP contribution in [0.1, 0.15) is 12.8 Å². The van der Waals surface area contributed by atoms with E-state index in [1.807, 2.05) is 12.2 Å². The second-order valence-electron chi connectivity index (χ2n) is 3.88. The molecule has 0 saturated heterocycles. The molecule has 1 saturated carbocycles. The number of amides is 1. The summed E-state index contributed by atoms with van der Waals surface area (Å²) >= 11 is 0. The number of hydrogen-bond acceptors (Lipinski definition) is 2. The average Bonchev–Trinajstić information content (AvgIpc) is 3.02. The molecule has 1 aliphatic heterocycles. The second-order valence-corrected chi connectivity index (χ2v) is 3.88. The van der Waals surface area contributed by atoms with Gasteiger partial charge in [-0.25, -0.2) is 9.37 Å². The summed E-state index contributed by atoms with van der Waals surface area (Å²) in [5, 5.41) is 2.90. The lowest BCUT2D eigenvalue weighted by molar-refractivity contribution is -0.503. The van der Waals surface area contributed by atoms with Gasteiger partial charge in [0.05, 0.1) is 0 Å². The highest BCUT2D eigenvalue weighted by molar-refractivity contribution is 5.79. The summed E-state index contributed by atoms with van der Waals surface area (Å²) in [4.78, 5) is 21.9. The van der Waals surface area contributed by atoms with E-state index in [-0.39, 0.29) is 5.91 Å². The minimum atomic E-state index is 0.0225. The molecule has 1 fully saturated rings. The molecule has 1 heterocycles. The molecule has 0 radical (unpaired) electrons. The molecule has 1 N–H and O–H groups in total. The van der Waals surface area contributed by atoms with Crippen LogP contribution >= 0.6 is 0 Å². The Kier molecular flexibility index (Phi) is 2.79. The van der Waals surface area contributed by atoms with Gasteiger partial charge in [0.1, 0.15) is 11.5 Å². The number of hydrogen-bond donors (Lipinski definition) is 1. The molecule has 2 rings (SSSR count). The minimum absolute atomic E-state index is 0.0225. The Balaban J connectivity index is 1.88. The zero-order valence-corrected chi connectivity index (χ0v) is 8.40.